The summed E-state index contributed by atoms with van der Waals surface area (Å²) in [5.74, 6) is 1.28. The second-order valence-corrected chi connectivity index (χ2v) is 11.9. The van der Waals surface area contributed by atoms with Gasteiger partial charge in [-0.2, -0.15) is 4.37 Å². The Morgan fingerprint density at radius 1 is 0.974 bits per heavy atom. The van der Waals surface area contributed by atoms with E-state index in [1.54, 1.807) is 44.6 Å². The summed E-state index contributed by atoms with van der Waals surface area (Å²) in [5, 5.41) is 0. The molecule has 0 N–H and O–H groups in total. The molecule has 3 aromatic carbocycles. The topological polar surface area (TPSA) is 84.9 Å². The van der Waals surface area contributed by atoms with Crippen LogP contribution in [0.5, 0.6) is 11.5 Å². The van der Waals surface area contributed by atoms with Crippen LogP contribution in [-0.2, 0) is 23.1 Å². The molecule has 2 heterocycles. The maximum absolute atomic E-state index is 14.3. The van der Waals surface area contributed by atoms with E-state index in [0.29, 0.717) is 23.6 Å². The third-order valence-corrected chi connectivity index (χ3v) is 9.39. The van der Waals surface area contributed by atoms with Gasteiger partial charge in [-0.25, -0.2) is 17.7 Å². The predicted molar refractivity (Wildman–Crippen MR) is 153 cm³/mol. The Balaban J connectivity index is 1.50. The molecule has 1 fully saturated rings. The third kappa shape index (κ3) is 5.93. The fraction of sp³-hybridized carbons (Fsp3) is 0.310. The van der Waals surface area contributed by atoms with Crippen molar-refractivity contribution >= 4 is 27.5 Å². The van der Waals surface area contributed by atoms with Gasteiger partial charge < -0.3 is 9.47 Å². The molecular weight excluding hydrogens is 532 g/mol. The minimum absolute atomic E-state index is 0.0108. The number of sulfonamides is 1. The Hall–Kier alpha value is -3.47. The second kappa shape index (κ2) is 12.1. The summed E-state index contributed by atoms with van der Waals surface area (Å²) in [6.07, 6.45) is 3.29. The van der Waals surface area contributed by atoms with E-state index in [1.165, 1.54) is 15.4 Å². The number of hydrogen-bond donors (Lipinski definition) is 0. The first kappa shape index (κ1) is 27.1. The van der Waals surface area contributed by atoms with Gasteiger partial charge >= 0.3 is 0 Å². The number of rotatable bonds is 10. The van der Waals surface area contributed by atoms with Crippen molar-refractivity contribution in [1.82, 2.24) is 14.3 Å². The largest absolute Gasteiger partial charge is 0.497 e. The quantitative estimate of drug-likeness (QED) is 0.245. The van der Waals surface area contributed by atoms with E-state index in [1.807, 2.05) is 18.2 Å². The molecule has 1 aromatic heterocycles. The van der Waals surface area contributed by atoms with Gasteiger partial charge in [0.15, 0.2) is 0 Å². The predicted octanol–water partition coefficient (Wildman–Crippen LogP) is 5.68. The Kier molecular flexibility index (Phi) is 8.44. The van der Waals surface area contributed by atoms with Crippen molar-refractivity contribution in [2.75, 3.05) is 25.1 Å². The fourth-order valence-corrected chi connectivity index (χ4v) is 7.18. The summed E-state index contributed by atoms with van der Waals surface area (Å²) in [6, 6.07) is 23.3. The monoisotopic (exact) mass is 564 g/mol. The lowest BCUT2D eigenvalue weighted by molar-refractivity contribution is 0.139. The van der Waals surface area contributed by atoms with Crippen molar-refractivity contribution in [2.45, 2.75) is 43.3 Å². The van der Waals surface area contributed by atoms with E-state index in [2.05, 4.69) is 38.5 Å². The molecule has 1 saturated heterocycles. The van der Waals surface area contributed by atoms with Crippen LogP contribution in [0.25, 0.3) is 0 Å². The number of piperidine rings is 1. The van der Waals surface area contributed by atoms with Gasteiger partial charge in [0, 0.05) is 24.2 Å². The molecule has 204 valence electrons. The summed E-state index contributed by atoms with van der Waals surface area (Å²) in [6.45, 7) is 1.45. The summed E-state index contributed by atoms with van der Waals surface area (Å²) >= 11 is 1.11. The van der Waals surface area contributed by atoms with E-state index in [4.69, 9.17) is 9.47 Å². The van der Waals surface area contributed by atoms with Crippen molar-refractivity contribution in [3.05, 3.63) is 95.0 Å². The number of likely N-dealkylation sites (tertiary alicyclic amines) is 1. The smallest absolute Gasteiger partial charge is 0.267 e. The van der Waals surface area contributed by atoms with E-state index >= 15 is 0 Å². The molecular formula is C29H32N4O4S2. The van der Waals surface area contributed by atoms with Gasteiger partial charge in [0.1, 0.15) is 17.0 Å². The molecule has 0 radical (unpaired) electrons. The van der Waals surface area contributed by atoms with Gasteiger partial charge in [0.05, 0.1) is 25.7 Å². The normalized spacial score (nSPS) is 16.1. The van der Waals surface area contributed by atoms with E-state index in [9.17, 15) is 8.42 Å². The molecule has 0 amide bonds. The highest BCUT2D eigenvalue weighted by atomic mass is 32.2. The van der Waals surface area contributed by atoms with Crippen molar-refractivity contribution in [2.24, 2.45) is 0 Å². The molecule has 1 unspecified atom stereocenters. The van der Waals surface area contributed by atoms with Gasteiger partial charge in [-0.3, -0.25) is 4.90 Å². The Morgan fingerprint density at radius 2 is 1.77 bits per heavy atom. The number of hydrogen-bond acceptors (Lipinski definition) is 8. The minimum atomic E-state index is -4.02. The number of methoxy groups -OCH3 is 2. The number of ether oxygens (including phenoxy) is 2. The average Bonchev–Trinajstić information content (AvgIpc) is 3.51. The number of aromatic nitrogens is 2. The minimum Gasteiger partial charge on any atom is -0.497 e. The van der Waals surface area contributed by atoms with E-state index in [0.717, 1.165) is 42.9 Å². The van der Waals surface area contributed by atoms with Crippen molar-refractivity contribution < 1.29 is 17.9 Å². The lowest BCUT2D eigenvalue weighted by Crippen LogP contribution is -2.35. The second-order valence-electron chi connectivity index (χ2n) is 9.42. The van der Waals surface area contributed by atoms with E-state index < -0.39 is 10.0 Å². The van der Waals surface area contributed by atoms with Crippen LogP contribution in [-0.4, -0.2) is 43.4 Å². The van der Waals surface area contributed by atoms with Crippen LogP contribution in [0.3, 0.4) is 0 Å². The zero-order chi connectivity index (χ0) is 27.2. The maximum Gasteiger partial charge on any atom is 0.267 e. The highest BCUT2D eigenvalue weighted by molar-refractivity contribution is 7.92. The highest BCUT2D eigenvalue weighted by Crippen LogP contribution is 2.35. The van der Waals surface area contributed by atoms with Crippen LogP contribution in [0.15, 0.2) is 83.2 Å². The van der Waals surface area contributed by atoms with Crippen molar-refractivity contribution in [1.29, 1.82) is 0 Å². The molecule has 0 saturated carbocycles. The molecule has 10 heteroatoms. The Labute approximate surface area is 234 Å². The molecule has 1 aliphatic rings. The van der Waals surface area contributed by atoms with E-state index in [-0.39, 0.29) is 23.4 Å². The van der Waals surface area contributed by atoms with Crippen molar-refractivity contribution in [3.8, 4) is 11.5 Å². The number of anilines is 1. The molecule has 1 aliphatic heterocycles. The van der Waals surface area contributed by atoms with Gasteiger partial charge in [-0.15, -0.1) is 0 Å². The third-order valence-electron chi connectivity index (χ3n) is 7.09. The van der Waals surface area contributed by atoms with Crippen LogP contribution >= 0.6 is 11.5 Å². The fourth-order valence-electron chi connectivity index (χ4n) is 5.13. The Bertz CT molecular complexity index is 1480. The zero-order valence-electron chi connectivity index (χ0n) is 22.1. The molecule has 4 aromatic rings. The standard InChI is InChI=1S/C29H32N4O4S2/c1-36-25-16-15-23(27(18-25)37-2)20-33(29-30-21-38-31-29)39(34,35)28-14-7-6-12-24(28)19-32-17-9-8-13-26(32)22-10-4-3-5-11-22/h3-7,10-12,14-16,18,21,26H,8-9,13,17,19-20H2,1-2H3. The molecule has 0 spiro atoms. The van der Waals surface area contributed by atoms with Gasteiger partial charge in [0.25, 0.3) is 16.0 Å². The van der Waals surface area contributed by atoms with Gasteiger partial charge in [-0.1, -0.05) is 55.0 Å². The van der Waals surface area contributed by atoms with Crippen LogP contribution in [0.4, 0.5) is 5.95 Å². The summed E-state index contributed by atoms with van der Waals surface area (Å²) in [5.41, 5.74) is 4.22. The van der Waals surface area contributed by atoms with Crippen LogP contribution in [0, 0.1) is 0 Å². The summed E-state index contributed by atoms with van der Waals surface area (Å²) in [4.78, 5) is 6.92. The first-order valence-electron chi connectivity index (χ1n) is 12.9. The molecule has 39 heavy (non-hydrogen) atoms. The van der Waals surface area contributed by atoms with Gasteiger partial charge in [0.2, 0.25) is 0 Å². The van der Waals surface area contributed by atoms with Crippen LogP contribution in [0.1, 0.15) is 42.0 Å². The summed E-state index contributed by atoms with van der Waals surface area (Å²) < 4.78 is 45.1. The average molecular weight is 565 g/mol. The first-order valence-corrected chi connectivity index (χ1v) is 15.2. The van der Waals surface area contributed by atoms with Gasteiger partial charge in [-0.05, 0) is 60.2 Å². The number of nitrogens with zero attached hydrogens (tertiary/aromatic N) is 4. The molecule has 5 rings (SSSR count). The lowest BCUT2D eigenvalue weighted by Gasteiger charge is -2.36. The Morgan fingerprint density at radius 3 is 2.51 bits per heavy atom. The first-order chi connectivity index (χ1) is 19.0. The highest BCUT2D eigenvalue weighted by Gasteiger charge is 2.32. The molecule has 0 bridgehead atoms. The zero-order valence-corrected chi connectivity index (χ0v) is 23.7. The van der Waals surface area contributed by atoms with Crippen molar-refractivity contribution in [3.63, 3.8) is 0 Å². The SMILES string of the molecule is COc1ccc(CN(c2ncsn2)S(=O)(=O)c2ccccc2CN2CCCCC2c2ccccc2)c(OC)c1. The number of benzene rings is 3. The lowest BCUT2D eigenvalue weighted by atomic mass is 9.94. The molecule has 8 nitrogen and oxygen atoms in total. The maximum atomic E-state index is 14.3. The molecule has 1 atom stereocenters. The molecule has 0 aliphatic carbocycles. The van der Waals surface area contributed by atoms with Crippen LogP contribution in [0.2, 0.25) is 0 Å². The van der Waals surface area contributed by atoms with Crippen LogP contribution < -0.4 is 13.8 Å². The summed E-state index contributed by atoms with van der Waals surface area (Å²) in [7, 11) is -0.899.